The standard InChI is InChI=1S/C15H20N2O/c18-15(9-12-10-16-11-12)17-8-4-3-6-13-5-1-2-7-14(13)17/h1-2,5,7,12,16H,3-4,6,8-11H2. The molecular weight excluding hydrogens is 224 g/mol. The van der Waals surface area contributed by atoms with Crippen LogP contribution in [-0.2, 0) is 11.2 Å². The summed E-state index contributed by atoms with van der Waals surface area (Å²) in [6.45, 7) is 2.89. The molecule has 96 valence electrons. The van der Waals surface area contributed by atoms with E-state index in [1.807, 2.05) is 11.0 Å². The molecule has 1 aromatic rings. The third-order valence-electron chi connectivity index (χ3n) is 3.99. The van der Waals surface area contributed by atoms with Gasteiger partial charge in [0.15, 0.2) is 0 Å². The topological polar surface area (TPSA) is 32.3 Å². The molecular formula is C15H20N2O. The molecule has 0 spiro atoms. The van der Waals surface area contributed by atoms with Crippen LogP contribution in [-0.4, -0.2) is 25.5 Å². The summed E-state index contributed by atoms with van der Waals surface area (Å²) in [7, 11) is 0. The maximum Gasteiger partial charge on any atom is 0.227 e. The SMILES string of the molecule is O=C(CC1CNC1)N1CCCCc2ccccc21. The number of anilines is 1. The van der Waals surface area contributed by atoms with Gasteiger partial charge < -0.3 is 10.2 Å². The smallest absolute Gasteiger partial charge is 0.227 e. The Morgan fingerprint density at radius 3 is 2.89 bits per heavy atom. The fraction of sp³-hybridized carbons (Fsp3) is 0.533. The summed E-state index contributed by atoms with van der Waals surface area (Å²) < 4.78 is 0. The zero-order chi connectivity index (χ0) is 12.4. The Bertz CT molecular complexity index is 440. The van der Waals surface area contributed by atoms with E-state index in [4.69, 9.17) is 0 Å². The summed E-state index contributed by atoms with van der Waals surface area (Å²) in [5.74, 6) is 0.851. The van der Waals surface area contributed by atoms with Crippen LogP contribution in [0.1, 0.15) is 24.8 Å². The van der Waals surface area contributed by atoms with Crippen LogP contribution in [0.25, 0.3) is 0 Å². The maximum absolute atomic E-state index is 12.4. The van der Waals surface area contributed by atoms with Crippen molar-refractivity contribution >= 4 is 11.6 Å². The molecule has 3 heteroatoms. The predicted molar refractivity (Wildman–Crippen MR) is 72.7 cm³/mol. The molecule has 0 radical (unpaired) electrons. The molecule has 1 saturated heterocycles. The second-order valence-electron chi connectivity index (χ2n) is 5.36. The lowest BCUT2D eigenvalue weighted by atomic mass is 9.98. The number of aryl methyl sites for hydroxylation is 1. The van der Waals surface area contributed by atoms with E-state index in [1.165, 1.54) is 12.0 Å². The first kappa shape index (κ1) is 11.7. The van der Waals surface area contributed by atoms with Crippen LogP contribution in [0.15, 0.2) is 24.3 Å². The number of rotatable bonds is 2. The van der Waals surface area contributed by atoms with Gasteiger partial charge in [-0.1, -0.05) is 18.2 Å². The Balaban J connectivity index is 1.79. The van der Waals surface area contributed by atoms with Crippen molar-refractivity contribution in [1.29, 1.82) is 0 Å². The second-order valence-corrected chi connectivity index (χ2v) is 5.36. The average molecular weight is 244 g/mol. The predicted octanol–water partition coefficient (Wildman–Crippen LogP) is 1.97. The van der Waals surface area contributed by atoms with Crippen molar-refractivity contribution in [1.82, 2.24) is 5.32 Å². The van der Waals surface area contributed by atoms with Crippen molar-refractivity contribution in [2.24, 2.45) is 5.92 Å². The van der Waals surface area contributed by atoms with Crippen molar-refractivity contribution in [2.75, 3.05) is 24.5 Å². The minimum absolute atomic E-state index is 0.302. The Kier molecular flexibility index (Phi) is 3.33. The van der Waals surface area contributed by atoms with Crippen molar-refractivity contribution in [3.8, 4) is 0 Å². The van der Waals surface area contributed by atoms with Crippen LogP contribution >= 0.6 is 0 Å². The molecule has 0 unspecified atom stereocenters. The Hall–Kier alpha value is -1.35. The highest BCUT2D eigenvalue weighted by Gasteiger charge is 2.26. The average Bonchev–Trinajstić information content (AvgIpc) is 2.56. The van der Waals surface area contributed by atoms with Crippen molar-refractivity contribution in [3.05, 3.63) is 29.8 Å². The van der Waals surface area contributed by atoms with Crippen LogP contribution in [0.3, 0.4) is 0 Å². The number of carbonyl (C=O) groups excluding carboxylic acids is 1. The first-order valence-electron chi connectivity index (χ1n) is 6.93. The molecule has 3 nitrogen and oxygen atoms in total. The largest absolute Gasteiger partial charge is 0.316 e. The molecule has 2 aliphatic heterocycles. The fourth-order valence-electron chi connectivity index (χ4n) is 2.80. The molecule has 3 rings (SSSR count). The normalized spacial score (nSPS) is 19.9. The Morgan fingerprint density at radius 1 is 1.28 bits per heavy atom. The molecule has 0 aliphatic carbocycles. The molecule has 1 amide bonds. The number of benzene rings is 1. The van der Waals surface area contributed by atoms with Gasteiger partial charge in [0, 0.05) is 18.7 Å². The Labute approximate surface area is 108 Å². The molecule has 1 N–H and O–H groups in total. The van der Waals surface area contributed by atoms with Gasteiger partial charge >= 0.3 is 0 Å². The van der Waals surface area contributed by atoms with Gasteiger partial charge in [-0.25, -0.2) is 0 Å². The van der Waals surface area contributed by atoms with E-state index in [1.54, 1.807) is 0 Å². The highest BCUT2D eigenvalue weighted by molar-refractivity contribution is 5.94. The summed E-state index contributed by atoms with van der Waals surface area (Å²) >= 11 is 0. The van der Waals surface area contributed by atoms with Crippen molar-refractivity contribution < 1.29 is 4.79 Å². The van der Waals surface area contributed by atoms with Crippen molar-refractivity contribution in [2.45, 2.75) is 25.7 Å². The number of carbonyl (C=O) groups is 1. The van der Waals surface area contributed by atoms with Gasteiger partial charge in [-0.15, -0.1) is 0 Å². The number of para-hydroxylation sites is 1. The maximum atomic E-state index is 12.4. The third kappa shape index (κ3) is 2.27. The quantitative estimate of drug-likeness (QED) is 0.862. The molecule has 0 aromatic heterocycles. The number of amides is 1. The van der Waals surface area contributed by atoms with Gasteiger partial charge in [-0.3, -0.25) is 4.79 Å². The summed E-state index contributed by atoms with van der Waals surface area (Å²) in [6, 6.07) is 8.36. The zero-order valence-electron chi connectivity index (χ0n) is 10.7. The molecule has 2 aliphatic rings. The van der Waals surface area contributed by atoms with Gasteiger partial charge in [0.25, 0.3) is 0 Å². The van der Waals surface area contributed by atoms with E-state index >= 15 is 0 Å². The van der Waals surface area contributed by atoms with Crippen LogP contribution in [0.4, 0.5) is 5.69 Å². The second kappa shape index (κ2) is 5.11. The van der Waals surface area contributed by atoms with Crippen LogP contribution in [0.2, 0.25) is 0 Å². The van der Waals surface area contributed by atoms with E-state index in [9.17, 15) is 4.79 Å². The molecule has 0 bridgehead atoms. The van der Waals surface area contributed by atoms with Crippen LogP contribution in [0, 0.1) is 5.92 Å². The van der Waals surface area contributed by atoms with E-state index in [0.29, 0.717) is 18.2 Å². The van der Waals surface area contributed by atoms with Gasteiger partial charge in [-0.05, 0) is 49.9 Å². The highest BCUT2D eigenvalue weighted by atomic mass is 16.2. The minimum Gasteiger partial charge on any atom is -0.316 e. The Morgan fingerprint density at radius 2 is 2.11 bits per heavy atom. The minimum atomic E-state index is 0.302. The van der Waals surface area contributed by atoms with E-state index in [2.05, 4.69) is 23.5 Å². The molecule has 1 fully saturated rings. The van der Waals surface area contributed by atoms with Crippen LogP contribution in [0.5, 0.6) is 0 Å². The summed E-state index contributed by atoms with van der Waals surface area (Å²) in [4.78, 5) is 14.4. The lowest BCUT2D eigenvalue weighted by molar-refractivity contribution is -0.119. The van der Waals surface area contributed by atoms with Gasteiger partial charge in [-0.2, -0.15) is 0 Å². The van der Waals surface area contributed by atoms with Crippen LogP contribution < -0.4 is 10.2 Å². The van der Waals surface area contributed by atoms with E-state index < -0.39 is 0 Å². The van der Waals surface area contributed by atoms with Crippen molar-refractivity contribution in [3.63, 3.8) is 0 Å². The lowest BCUT2D eigenvalue weighted by Crippen LogP contribution is -2.45. The number of nitrogens with one attached hydrogen (secondary N) is 1. The molecule has 18 heavy (non-hydrogen) atoms. The molecule has 1 aromatic carbocycles. The number of nitrogens with zero attached hydrogens (tertiary/aromatic N) is 1. The first-order chi connectivity index (χ1) is 8.84. The number of hydrogen-bond donors (Lipinski definition) is 1. The van der Waals surface area contributed by atoms with E-state index in [-0.39, 0.29) is 0 Å². The van der Waals surface area contributed by atoms with Gasteiger partial charge in [0.2, 0.25) is 5.91 Å². The summed E-state index contributed by atoms with van der Waals surface area (Å²) in [6.07, 6.45) is 4.10. The van der Waals surface area contributed by atoms with Gasteiger partial charge in [0.1, 0.15) is 0 Å². The first-order valence-corrected chi connectivity index (χ1v) is 6.93. The third-order valence-corrected chi connectivity index (χ3v) is 3.99. The fourth-order valence-corrected chi connectivity index (χ4v) is 2.80. The molecule has 2 heterocycles. The monoisotopic (exact) mass is 244 g/mol. The highest BCUT2D eigenvalue weighted by Crippen LogP contribution is 2.27. The zero-order valence-corrected chi connectivity index (χ0v) is 10.7. The molecule has 0 atom stereocenters. The summed E-state index contributed by atoms with van der Waals surface area (Å²) in [5, 5.41) is 3.23. The number of fused-ring (bicyclic) bond motifs is 1. The van der Waals surface area contributed by atoms with E-state index in [0.717, 1.165) is 38.2 Å². The molecule has 0 saturated carbocycles. The summed E-state index contributed by atoms with van der Waals surface area (Å²) in [5.41, 5.74) is 2.47. The number of hydrogen-bond acceptors (Lipinski definition) is 2. The van der Waals surface area contributed by atoms with Gasteiger partial charge in [0.05, 0.1) is 0 Å². The lowest BCUT2D eigenvalue weighted by Gasteiger charge is -2.30.